The molecule has 0 unspecified atom stereocenters. The predicted octanol–water partition coefficient (Wildman–Crippen LogP) is 3.85. The second-order valence-electron chi connectivity index (χ2n) is 5.19. The number of hydrogen-bond donors (Lipinski definition) is 2. The van der Waals surface area contributed by atoms with E-state index in [1.807, 2.05) is 38.1 Å². The molecular formula is C17H21FN2O. The number of para-hydroxylation sites is 1. The maximum Gasteiger partial charge on any atom is 0.144 e. The molecule has 4 heteroatoms. The number of nitrogens with two attached hydrogens (primary N) is 1. The molecule has 0 bridgehead atoms. The summed E-state index contributed by atoms with van der Waals surface area (Å²) in [5.41, 5.74) is 8.48. The van der Waals surface area contributed by atoms with Gasteiger partial charge in [-0.3, -0.25) is 0 Å². The van der Waals surface area contributed by atoms with E-state index in [4.69, 9.17) is 10.5 Å². The van der Waals surface area contributed by atoms with Gasteiger partial charge in [-0.25, -0.2) is 4.39 Å². The van der Waals surface area contributed by atoms with Crippen molar-refractivity contribution in [1.82, 2.24) is 0 Å². The van der Waals surface area contributed by atoms with Crippen molar-refractivity contribution < 1.29 is 9.13 Å². The van der Waals surface area contributed by atoms with Crippen molar-refractivity contribution in [3.05, 3.63) is 53.8 Å². The summed E-state index contributed by atoms with van der Waals surface area (Å²) in [6, 6.07) is 12.3. The summed E-state index contributed by atoms with van der Waals surface area (Å²) < 4.78 is 18.8. The highest BCUT2D eigenvalue weighted by atomic mass is 19.1. The van der Waals surface area contributed by atoms with Crippen molar-refractivity contribution in [3.63, 3.8) is 0 Å². The minimum Gasteiger partial charge on any atom is -0.489 e. The van der Waals surface area contributed by atoms with Crippen molar-refractivity contribution in [2.75, 3.05) is 17.6 Å². The molecule has 0 aromatic heterocycles. The molecule has 0 spiro atoms. The first-order valence-corrected chi connectivity index (χ1v) is 7.09. The maximum absolute atomic E-state index is 13.1. The highest BCUT2D eigenvalue weighted by Crippen LogP contribution is 2.30. The Morgan fingerprint density at radius 2 is 1.95 bits per heavy atom. The number of halogens is 1. The lowest BCUT2D eigenvalue weighted by Gasteiger charge is -2.15. The van der Waals surface area contributed by atoms with E-state index in [9.17, 15) is 4.39 Å². The third-order valence-corrected chi connectivity index (χ3v) is 3.05. The smallest absolute Gasteiger partial charge is 0.144 e. The van der Waals surface area contributed by atoms with Crippen molar-refractivity contribution >= 4 is 11.4 Å². The van der Waals surface area contributed by atoms with Gasteiger partial charge in [-0.15, -0.1) is 0 Å². The average molecular weight is 288 g/mol. The van der Waals surface area contributed by atoms with Crippen molar-refractivity contribution in [1.29, 1.82) is 0 Å². The van der Waals surface area contributed by atoms with Crippen LogP contribution in [0, 0.1) is 5.82 Å². The van der Waals surface area contributed by atoms with Crippen LogP contribution in [0.5, 0.6) is 5.75 Å². The molecule has 0 saturated carbocycles. The Balaban J connectivity index is 1.97. The topological polar surface area (TPSA) is 47.3 Å². The number of nitrogen functional groups attached to an aromatic ring is 1. The van der Waals surface area contributed by atoms with Crippen LogP contribution in [0.25, 0.3) is 0 Å². The number of benzene rings is 2. The fourth-order valence-corrected chi connectivity index (χ4v) is 2.09. The van der Waals surface area contributed by atoms with Crippen molar-refractivity contribution in [2.24, 2.45) is 0 Å². The van der Waals surface area contributed by atoms with Crippen LogP contribution in [-0.4, -0.2) is 12.6 Å². The molecule has 2 rings (SSSR count). The first kappa shape index (κ1) is 15.2. The van der Waals surface area contributed by atoms with Crippen molar-refractivity contribution in [2.45, 2.75) is 26.4 Å². The molecule has 2 aromatic carbocycles. The van der Waals surface area contributed by atoms with E-state index in [1.165, 1.54) is 6.07 Å². The predicted molar refractivity (Wildman–Crippen MR) is 85.2 cm³/mol. The number of hydrogen-bond acceptors (Lipinski definition) is 3. The molecule has 0 radical (unpaired) electrons. The molecular weight excluding hydrogens is 267 g/mol. The minimum absolute atomic E-state index is 0.0786. The van der Waals surface area contributed by atoms with Gasteiger partial charge in [-0.05, 0) is 50.1 Å². The minimum atomic E-state index is -0.209. The second-order valence-corrected chi connectivity index (χ2v) is 5.19. The first-order chi connectivity index (χ1) is 10.1. The summed E-state index contributed by atoms with van der Waals surface area (Å²) in [4.78, 5) is 0. The summed E-state index contributed by atoms with van der Waals surface area (Å²) in [6.45, 7) is 4.60. The van der Waals surface area contributed by atoms with E-state index < -0.39 is 0 Å². The SMILES string of the molecule is CC(C)Oc1cccc(NCCc2cccc(F)c2)c1N. The van der Waals surface area contributed by atoms with E-state index in [1.54, 1.807) is 12.1 Å². The van der Waals surface area contributed by atoms with E-state index in [-0.39, 0.29) is 11.9 Å². The molecule has 0 heterocycles. The molecule has 0 aliphatic heterocycles. The van der Waals surface area contributed by atoms with Gasteiger partial charge in [0, 0.05) is 6.54 Å². The molecule has 3 nitrogen and oxygen atoms in total. The summed E-state index contributed by atoms with van der Waals surface area (Å²) in [7, 11) is 0. The zero-order valence-electron chi connectivity index (χ0n) is 12.4. The van der Waals surface area contributed by atoms with Gasteiger partial charge < -0.3 is 15.8 Å². The molecule has 0 atom stereocenters. The van der Waals surface area contributed by atoms with Gasteiger partial charge in [0.15, 0.2) is 0 Å². The Morgan fingerprint density at radius 1 is 1.19 bits per heavy atom. The molecule has 0 fully saturated rings. The third kappa shape index (κ3) is 4.38. The number of anilines is 2. The van der Waals surface area contributed by atoms with Gasteiger partial charge in [0.1, 0.15) is 11.6 Å². The number of nitrogens with one attached hydrogen (secondary N) is 1. The first-order valence-electron chi connectivity index (χ1n) is 7.09. The van der Waals surface area contributed by atoms with Gasteiger partial charge in [0.25, 0.3) is 0 Å². The van der Waals surface area contributed by atoms with Crippen LogP contribution in [0.4, 0.5) is 15.8 Å². The molecule has 0 amide bonds. The fraction of sp³-hybridized carbons (Fsp3) is 0.294. The molecule has 3 N–H and O–H groups in total. The summed E-state index contributed by atoms with van der Waals surface area (Å²) in [6.07, 6.45) is 0.807. The highest BCUT2D eigenvalue weighted by Gasteiger charge is 2.07. The Kier molecular flexibility index (Phi) is 5.04. The molecule has 0 aliphatic carbocycles. The van der Waals surface area contributed by atoms with Crippen molar-refractivity contribution in [3.8, 4) is 5.75 Å². The van der Waals surface area contributed by atoms with Crippen LogP contribution < -0.4 is 15.8 Å². The molecule has 21 heavy (non-hydrogen) atoms. The Labute approximate surface area is 124 Å². The highest BCUT2D eigenvalue weighted by molar-refractivity contribution is 5.72. The van der Waals surface area contributed by atoms with Gasteiger partial charge >= 0.3 is 0 Å². The third-order valence-electron chi connectivity index (χ3n) is 3.05. The molecule has 2 aromatic rings. The van der Waals surface area contributed by atoms with Crippen LogP contribution in [0.1, 0.15) is 19.4 Å². The lowest BCUT2D eigenvalue weighted by Crippen LogP contribution is -2.10. The Morgan fingerprint density at radius 3 is 2.67 bits per heavy atom. The van der Waals surface area contributed by atoms with Crippen LogP contribution in [0.15, 0.2) is 42.5 Å². The fourth-order valence-electron chi connectivity index (χ4n) is 2.09. The normalized spacial score (nSPS) is 10.7. The molecule has 0 aliphatic rings. The van der Waals surface area contributed by atoms with Crippen LogP contribution in [-0.2, 0) is 6.42 Å². The van der Waals surface area contributed by atoms with E-state index in [0.29, 0.717) is 18.0 Å². The number of ether oxygens (including phenoxy) is 1. The van der Waals surface area contributed by atoms with Gasteiger partial charge in [-0.1, -0.05) is 18.2 Å². The van der Waals surface area contributed by atoms with Crippen LogP contribution >= 0.6 is 0 Å². The zero-order chi connectivity index (χ0) is 15.2. The molecule has 112 valence electrons. The lowest BCUT2D eigenvalue weighted by molar-refractivity contribution is 0.244. The van der Waals surface area contributed by atoms with E-state index in [0.717, 1.165) is 17.7 Å². The maximum atomic E-state index is 13.1. The second kappa shape index (κ2) is 6.97. The summed E-state index contributed by atoms with van der Waals surface area (Å²) >= 11 is 0. The van der Waals surface area contributed by atoms with Gasteiger partial charge in [0.2, 0.25) is 0 Å². The summed E-state index contributed by atoms with van der Waals surface area (Å²) in [5.74, 6) is 0.472. The van der Waals surface area contributed by atoms with Gasteiger partial charge in [0.05, 0.1) is 17.5 Å². The van der Waals surface area contributed by atoms with Gasteiger partial charge in [-0.2, -0.15) is 0 Å². The summed E-state index contributed by atoms with van der Waals surface area (Å²) in [5, 5.41) is 3.27. The Hall–Kier alpha value is -2.23. The quantitative estimate of drug-likeness (QED) is 0.794. The van der Waals surface area contributed by atoms with E-state index >= 15 is 0 Å². The van der Waals surface area contributed by atoms with Crippen LogP contribution in [0.3, 0.4) is 0 Å². The standard InChI is InChI=1S/C17H21FN2O/c1-12(2)21-16-8-4-7-15(17(16)19)20-10-9-13-5-3-6-14(18)11-13/h3-8,11-12,20H,9-10,19H2,1-2H3. The average Bonchev–Trinajstić information content (AvgIpc) is 2.42. The Bertz CT molecular complexity index is 599. The monoisotopic (exact) mass is 288 g/mol. The molecule has 0 saturated heterocycles. The largest absolute Gasteiger partial charge is 0.489 e. The number of rotatable bonds is 6. The van der Waals surface area contributed by atoms with Crippen LogP contribution in [0.2, 0.25) is 0 Å². The zero-order valence-corrected chi connectivity index (χ0v) is 12.4. The van der Waals surface area contributed by atoms with E-state index in [2.05, 4.69) is 5.32 Å². The lowest BCUT2D eigenvalue weighted by atomic mass is 10.1.